The number of hydrogen-bond donors (Lipinski definition) is 2. The minimum Gasteiger partial charge on any atom is -0.508 e. The molecule has 0 radical (unpaired) electrons. The quantitative estimate of drug-likeness (QED) is 0.868. The average Bonchev–Trinajstić information content (AvgIpc) is 2.52. The third kappa shape index (κ3) is 4.73. The maximum atomic E-state index is 13.0. The predicted octanol–water partition coefficient (Wildman–Crippen LogP) is 3.39. The first-order valence-electron chi connectivity index (χ1n) is 7.67. The summed E-state index contributed by atoms with van der Waals surface area (Å²) < 4.78 is 31.2. The molecule has 2 rings (SSSR count). The number of phenolic OH excluding ortho intramolecular Hbond substituents is 1. The van der Waals surface area contributed by atoms with Crippen molar-refractivity contribution in [1.29, 1.82) is 0 Å². The van der Waals surface area contributed by atoms with Gasteiger partial charge in [0.15, 0.2) is 5.37 Å². The van der Waals surface area contributed by atoms with Crippen molar-refractivity contribution >= 4 is 15.9 Å². The second kappa shape index (κ2) is 7.14. The Hall–Kier alpha value is -2.54. The van der Waals surface area contributed by atoms with Crippen molar-refractivity contribution in [2.75, 3.05) is 0 Å². The Morgan fingerprint density at radius 1 is 1.04 bits per heavy atom. The summed E-state index contributed by atoms with van der Waals surface area (Å²) in [5, 5.41) is 11.0. The highest BCUT2D eigenvalue weighted by molar-refractivity contribution is 7.91. The maximum absolute atomic E-state index is 13.0. The van der Waals surface area contributed by atoms with Crippen LogP contribution >= 0.6 is 0 Å². The first-order chi connectivity index (χ1) is 11.6. The topological polar surface area (TPSA) is 92.7 Å². The van der Waals surface area contributed by atoms with Crippen molar-refractivity contribution in [3.8, 4) is 5.75 Å². The number of carbonyl (C=O) groups is 1. The van der Waals surface area contributed by atoms with Gasteiger partial charge in [-0.25, -0.2) is 13.2 Å². The lowest BCUT2D eigenvalue weighted by Crippen LogP contribution is -2.38. The van der Waals surface area contributed by atoms with Gasteiger partial charge in [-0.1, -0.05) is 36.4 Å². The summed E-state index contributed by atoms with van der Waals surface area (Å²) >= 11 is 0. The van der Waals surface area contributed by atoms with Gasteiger partial charge < -0.3 is 15.2 Å². The maximum Gasteiger partial charge on any atom is 0.408 e. The Bertz CT molecular complexity index is 841. The van der Waals surface area contributed by atoms with E-state index in [0.717, 1.165) is 0 Å². The molecule has 1 atom stereocenters. The van der Waals surface area contributed by atoms with Gasteiger partial charge in [0.25, 0.3) is 0 Å². The van der Waals surface area contributed by atoms with Crippen LogP contribution in [-0.4, -0.2) is 25.2 Å². The van der Waals surface area contributed by atoms with Crippen LogP contribution in [0.5, 0.6) is 5.75 Å². The van der Waals surface area contributed by atoms with Crippen molar-refractivity contribution in [1.82, 2.24) is 5.32 Å². The van der Waals surface area contributed by atoms with E-state index in [1.54, 1.807) is 51.1 Å². The number of benzene rings is 2. The summed E-state index contributed by atoms with van der Waals surface area (Å²) in [6, 6.07) is 13.7. The smallest absolute Gasteiger partial charge is 0.408 e. The first kappa shape index (κ1) is 18.8. The minimum absolute atomic E-state index is 0.0271. The summed E-state index contributed by atoms with van der Waals surface area (Å²) in [5.74, 6) is -0.233. The number of nitrogens with one attached hydrogen (secondary N) is 1. The van der Waals surface area contributed by atoms with E-state index < -0.39 is 26.9 Å². The van der Waals surface area contributed by atoms with Gasteiger partial charge in [-0.2, -0.15) is 0 Å². The lowest BCUT2D eigenvalue weighted by atomic mass is 10.2. The van der Waals surface area contributed by atoms with E-state index in [9.17, 15) is 18.3 Å². The molecule has 0 aliphatic carbocycles. The van der Waals surface area contributed by atoms with Crippen LogP contribution in [0.15, 0.2) is 59.5 Å². The number of sulfone groups is 1. The van der Waals surface area contributed by atoms with Gasteiger partial charge in [-0.05, 0) is 39.0 Å². The Kier molecular flexibility index (Phi) is 5.37. The SMILES string of the molecule is CC(C)(C)OC(=O)NC(c1ccccc1O)S(=O)(=O)c1ccccc1. The first-order valence-corrected chi connectivity index (χ1v) is 9.22. The van der Waals surface area contributed by atoms with Crippen molar-refractivity contribution in [3.05, 3.63) is 60.2 Å². The Balaban J connectivity index is 2.47. The minimum atomic E-state index is -4.00. The van der Waals surface area contributed by atoms with Crippen LogP contribution in [0.2, 0.25) is 0 Å². The predicted molar refractivity (Wildman–Crippen MR) is 93.8 cm³/mol. The molecule has 1 amide bonds. The molecule has 2 aromatic rings. The van der Waals surface area contributed by atoms with Gasteiger partial charge in [-0.3, -0.25) is 0 Å². The summed E-state index contributed by atoms with van der Waals surface area (Å²) in [7, 11) is -4.00. The number of phenols is 1. The van der Waals surface area contributed by atoms with E-state index in [2.05, 4.69) is 5.32 Å². The molecule has 2 aromatic carbocycles. The zero-order valence-corrected chi connectivity index (χ0v) is 15.1. The van der Waals surface area contributed by atoms with Gasteiger partial charge in [0.2, 0.25) is 9.84 Å². The number of ether oxygens (including phenoxy) is 1. The van der Waals surface area contributed by atoms with Crippen LogP contribution in [0, 0.1) is 0 Å². The summed E-state index contributed by atoms with van der Waals surface area (Å²) in [4.78, 5) is 12.2. The van der Waals surface area contributed by atoms with E-state index in [1.807, 2.05) is 0 Å². The lowest BCUT2D eigenvalue weighted by molar-refractivity contribution is 0.0519. The molecule has 0 aromatic heterocycles. The van der Waals surface area contributed by atoms with Gasteiger partial charge in [0, 0.05) is 5.56 Å². The summed E-state index contributed by atoms with van der Waals surface area (Å²) in [6.07, 6.45) is -0.889. The molecular formula is C18H21NO5S. The van der Waals surface area contributed by atoms with Gasteiger partial charge in [0.1, 0.15) is 11.4 Å². The highest BCUT2D eigenvalue weighted by Crippen LogP contribution is 2.32. The normalized spacial score (nSPS) is 13.1. The monoisotopic (exact) mass is 363 g/mol. The molecule has 0 fully saturated rings. The van der Waals surface area contributed by atoms with Crippen LogP contribution in [0.3, 0.4) is 0 Å². The molecule has 6 nitrogen and oxygen atoms in total. The third-order valence-corrected chi connectivity index (χ3v) is 5.17. The van der Waals surface area contributed by atoms with E-state index in [4.69, 9.17) is 4.74 Å². The molecule has 0 heterocycles. The molecular weight excluding hydrogens is 342 g/mol. The zero-order valence-electron chi connectivity index (χ0n) is 14.3. The van der Waals surface area contributed by atoms with Gasteiger partial charge in [0.05, 0.1) is 4.90 Å². The number of amides is 1. The largest absolute Gasteiger partial charge is 0.508 e. The molecule has 25 heavy (non-hydrogen) atoms. The highest BCUT2D eigenvalue weighted by atomic mass is 32.2. The zero-order chi connectivity index (χ0) is 18.7. The molecule has 2 N–H and O–H groups in total. The van der Waals surface area contributed by atoms with E-state index in [0.29, 0.717) is 0 Å². The molecule has 0 aliphatic heterocycles. The van der Waals surface area contributed by atoms with E-state index in [-0.39, 0.29) is 16.2 Å². The number of rotatable bonds is 4. The number of carbonyl (C=O) groups excluding carboxylic acids is 1. The summed E-state index contributed by atoms with van der Waals surface area (Å²) in [6.45, 7) is 5.02. The number of hydrogen-bond acceptors (Lipinski definition) is 5. The van der Waals surface area contributed by atoms with Crippen LogP contribution < -0.4 is 5.32 Å². The Morgan fingerprint density at radius 2 is 1.60 bits per heavy atom. The highest BCUT2D eigenvalue weighted by Gasteiger charge is 2.33. The van der Waals surface area contributed by atoms with Crippen molar-refractivity contribution in [2.24, 2.45) is 0 Å². The number of alkyl carbamates (subject to hydrolysis) is 1. The average molecular weight is 363 g/mol. The molecule has 0 aliphatic rings. The second-order valence-electron chi connectivity index (χ2n) is 6.44. The third-order valence-electron chi connectivity index (χ3n) is 3.25. The summed E-state index contributed by atoms with van der Waals surface area (Å²) in [5.41, 5.74) is -0.721. The van der Waals surface area contributed by atoms with E-state index >= 15 is 0 Å². The van der Waals surface area contributed by atoms with Crippen LogP contribution in [0.25, 0.3) is 0 Å². The van der Waals surface area contributed by atoms with E-state index in [1.165, 1.54) is 24.3 Å². The fraction of sp³-hybridized carbons (Fsp3) is 0.278. The molecule has 1 unspecified atom stereocenters. The van der Waals surface area contributed by atoms with Crippen molar-refractivity contribution < 1.29 is 23.1 Å². The lowest BCUT2D eigenvalue weighted by Gasteiger charge is -2.24. The van der Waals surface area contributed by atoms with Crippen LogP contribution in [0.1, 0.15) is 31.7 Å². The van der Waals surface area contributed by atoms with Crippen LogP contribution in [0.4, 0.5) is 4.79 Å². The molecule has 0 bridgehead atoms. The van der Waals surface area contributed by atoms with Crippen molar-refractivity contribution in [3.63, 3.8) is 0 Å². The second-order valence-corrected chi connectivity index (χ2v) is 8.48. The number of para-hydroxylation sites is 1. The molecule has 0 saturated heterocycles. The Labute approximate surface area is 147 Å². The molecule has 7 heteroatoms. The molecule has 0 spiro atoms. The van der Waals surface area contributed by atoms with Crippen LogP contribution in [-0.2, 0) is 14.6 Å². The fourth-order valence-corrected chi connectivity index (χ4v) is 3.79. The molecule has 134 valence electrons. The number of aromatic hydroxyl groups is 1. The van der Waals surface area contributed by atoms with Gasteiger partial charge >= 0.3 is 6.09 Å². The standard InChI is InChI=1S/C18H21NO5S/c1-18(2,3)24-17(21)19-16(14-11-7-8-12-15(14)20)25(22,23)13-9-5-4-6-10-13/h4-12,16,20H,1-3H3,(H,19,21). The Morgan fingerprint density at radius 3 is 2.16 bits per heavy atom. The molecule has 0 saturated carbocycles. The van der Waals surface area contributed by atoms with Crippen molar-refractivity contribution in [2.45, 2.75) is 36.6 Å². The van der Waals surface area contributed by atoms with Gasteiger partial charge in [-0.15, -0.1) is 0 Å². The fourth-order valence-electron chi connectivity index (χ4n) is 2.19.